The highest BCUT2D eigenvalue weighted by Gasteiger charge is 2.21. The van der Waals surface area contributed by atoms with Gasteiger partial charge in [-0.05, 0) is 31.0 Å². The van der Waals surface area contributed by atoms with Crippen LogP contribution < -0.4 is 11.3 Å². The zero-order valence-corrected chi connectivity index (χ0v) is 12.0. The van der Waals surface area contributed by atoms with Crippen molar-refractivity contribution in [2.75, 3.05) is 18.5 Å². The van der Waals surface area contributed by atoms with Gasteiger partial charge in [-0.3, -0.25) is 4.90 Å². The molecule has 106 valence electrons. The molecule has 4 nitrogen and oxygen atoms in total. The lowest BCUT2D eigenvalue weighted by molar-refractivity contribution is 0.315. The van der Waals surface area contributed by atoms with Gasteiger partial charge in [-0.1, -0.05) is 31.5 Å². The third kappa shape index (κ3) is 2.62. The molecule has 2 heterocycles. The number of fused-ring (bicyclic) bond motifs is 1. The first kappa shape index (κ1) is 13.3. The molecular formula is C16H22N4. The van der Waals surface area contributed by atoms with E-state index in [1.54, 1.807) is 0 Å². The second-order valence-electron chi connectivity index (χ2n) is 5.63. The monoisotopic (exact) mass is 270 g/mol. The molecule has 0 spiro atoms. The first-order valence-electron chi connectivity index (χ1n) is 7.37. The number of hydrogen-bond donors (Lipinski definition) is 2. The second-order valence-corrected chi connectivity index (χ2v) is 5.63. The molecule has 2 aromatic rings. The molecule has 4 heteroatoms. The minimum absolute atomic E-state index is 0.795. The lowest BCUT2D eigenvalue weighted by Gasteiger charge is -2.18. The van der Waals surface area contributed by atoms with E-state index in [1.165, 1.54) is 36.9 Å². The Kier molecular flexibility index (Phi) is 3.85. The van der Waals surface area contributed by atoms with Gasteiger partial charge < -0.3 is 5.43 Å². The van der Waals surface area contributed by atoms with Gasteiger partial charge in [0.25, 0.3) is 0 Å². The Bertz CT molecular complexity index is 596. The minimum atomic E-state index is 0.795. The number of para-hydroxylation sites is 1. The van der Waals surface area contributed by atoms with E-state index in [0.29, 0.717) is 0 Å². The van der Waals surface area contributed by atoms with Crippen molar-refractivity contribution in [3.05, 3.63) is 35.9 Å². The first-order valence-corrected chi connectivity index (χ1v) is 7.37. The Morgan fingerprint density at radius 3 is 3.00 bits per heavy atom. The fraction of sp³-hybridized carbons (Fsp3) is 0.438. The number of aromatic nitrogens is 1. The fourth-order valence-electron chi connectivity index (χ4n) is 3.04. The number of anilines is 1. The van der Waals surface area contributed by atoms with E-state index in [4.69, 9.17) is 5.84 Å². The maximum atomic E-state index is 5.64. The average molecular weight is 270 g/mol. The summed E-state index contributed by atoms with van der Waals surface area (Å²) in [7, 11) is 0. The van der Waals surface area contributed by atoms with E-state index in [9.17, 15) is 0 Å². The molecule has 3 rings (SSSR count). The van der Waals surface area contributed by atoms with E-state index < -0.39 is 0 Å². The third-order valence-corrected chi connectivity index (χ3v) is 4.28. The summed E-state index contributed by atoms with van der Waals surface area (Å²) in [5.74, 6) is 7.28. The van der Waals surface area contributed by atoms with Gasteiger partial charge in [0.1, 0.15) is 5.82 Å². The topological polar surface area (TPSA) is 54.2 Å². The van der Waals surface area contributed by atoms with Gasteiger partial charge in [-0.25, -0.2) is 10.8 Å². The van der Waals surface area contributed by atoms with Crippen LogP contribution in [0.25, 0.3) is 10.9 Å². The largest absolute Gasteiger partial charge is 0.308 e. The van der Waals surface area contributed by atoms with Crippen LogP contribution in [0.1, 0.15) is 25.3 Å². The van der Waals surface area contributed by atoms with Crippen LogP contribution in [0.3, 0.4) is 0 Å². The summed E-state index contributed by atoms with van der Waals surface area (Å²) in [6.45, 7) is 5.56. The number of hydrogen-bond acceptors (Lipinski definition) is 4. The molecule has 0 aliphatic carbocycles. The molecule has 0 amide bonds. The van der Waals surface area contributed by atoms with Crippen LogP contribution in [0.4, 0.5) is 5.82 Å². The summed E-state index contributed by atoms with van der Waals surface area (Å²) in [5.41, 5.74) is 4.92. The van der Waals surface area contributed by atoms with Crippen molar-refractivity contribution in [2.45, 2.75) is 26.3 Å². The molecule has 1 aromatic heterocycles. The molecular weight excluding hydrogens is 248 g/mol. The van der Waals surface area contributed by atoms with Crippen LogP contribution in [-0.2, 0) is 6.54 Å². The van der Waals surface area contributed by atoms with Crippen LogP contribution in [0.2, 0.25) is 0 Å². The van der Waals surface area contributed by atoms with Crippen molar-refractivity contribution in [3.8, 4) is 0 Å². The van der Waals surface area contributed by atoms with E-state index in [-0.39, 0.29) is 0 Å². The molecule has 0 bridgehead atoms. The van der Waals surface area contributed by atoms with Crippen molar-refractivity contribution in [1.29, 1.82) is 0 Å². The second kappa shape index (κ2) is 5.77. The number of likely N-dealkylation sites (tertiary alicyclic amines) is 1. The third-order valence-electron chi connectivity index (χ3n) is 4.28. The summed E-state index contributed by atoms with van der Waals surface area (Å²) >= 11 is 0. The Hall–Kier alpha value is -1.65. The van der Waals surface area contributed by atoms with Crippen LogP contribution in [-0.4, -0.2) is 23.0 Å². The zero-order chi connectivity index (χ0) is 13.9. The molecule has 1 aliphatic rings. The lowest BCUT2D eigenvalue weighted by Crippen LogP contribution is -2.22. The van der Waals surface area contributed by atoms with Crippen molar-refractivity contribution in [1.82, 2.24) is 9.88 Å². The number of rotatable bonds is 4. The maximum Gasteiger partial charge on any atom is 0.145 e. The van der Waals surface area contributed by atoms with Crippen LogP contribution in [0.15, 0.2) is 30.3 Å². The molecule has 3 N–H and O–H groups in total. The summed E-state index contributed by atoms with van der Waals surface area (Å²) < 4.78 is 0. The molecule has 1 saturated heterocycles. The lowest BCUT2D eigenvalue weighted by atomic mass is 10.1. The summed E-state index contributed by atoms with van der Waals surface area (Å²) in [6.07, 6.45) is 2.58. The highest BCUT2D eigenvalue weighted by molar-refractivity contribution is 5.81. The van der Waals surface area contributed by atoms with Gasteiger partial charge in [0, 0.05) is 24.0 Å². The number of nitrogens with two attached hydrogens (primary N) is 1. The normalized spacial score (nSPS) is 19.6. The molecule has 1 aromatic carbocycles. The van der Waals surface area contributed by atoms with Crippen molar-refractivity contribution in [3.63, 3.8) is 0 Å². The average Bonchev–Trinajstić information content (AvgIpc) is 2.94. The number of hydrazine groups is 1. The number of nitrogens with one attached hydrogen (secondary N) is 1. The zero-order valence-electron chi connectivity index (χ0n) is 12.0. The Morgan fingerprint density at radius 1 is 1.40 bits per heavy atom. The van der Waals surface area contributed by atoms with Crippen LogP contribution >= 0.6 is 0 Å². The first-order chi connectivity index (χ1) is 9.80. The standard InChI is InChI=1S/C16H22N4/c1-2-12-7-8-20(10-12)11-14-9-13-5-3-4-6-15(13)18-16(14)19-17/h3-6,9,12H,2,7-8,10-11,17H2,1H3,(H,18,19). The SMILES string of the molecule is CCC1CCN(Cc2cc3ccccc3nc2NN)C1. The molecule has 1 unspecified atom stereocenters. The van der Waals surface area contributed by atoms with Crippen molar-refractivity contribution in [2.24, 2.45) is 11.8 Å². The van der Waals surface area contributed by atoms with Gasteiger partial charge in [-0.2, -0.15) is 0 Å². The number of benzene rings is 1. The van der Waals surface area contributed by atoms with Gasteiger partial charge in [0.2, 0.25) is 0 Å². The fourth-order valence-corrected chi connectivity index (χ4v) is 3.04. The molecule has 0 radical (unpaired) electrons. The predicted octanol–water partition coefficient (Wildman–Crippen LogP) is 2.75. The van der Waals surface area contributed by atoms with Gasteiger partial charge in [0.05, 0.1) is 5.52 Å². The number of pyridine rings is 1. The Morgan fingerprint density at radius 2 is 2.25 bits per heavy atom. The summed E-state index contributed by atoms with van der Waals surface area (Å²) in [6, 6.07) is 10.4. The van der Waals surface area contributed by atoms with Gasteiger partial charge in [0.15, 0.2) is 0 Å². The summed E-state index contributed by atoms with van der Waals surface area (Å²) in [4.78, 5) is 7.11. The van der Waals surface area contributed by atoms with E-state index in [2.05, 4.69) is 34.4 Å². The quantitative estimate of drug-likeness (QED) is 0.662. The highest BCUT2D eigenvalue weighted by atomic mass is 15.3. The molecule has 0 saturated carbocycles. The molecule has 20 heavy (non-hydrogen) atoms. The maximum absolute atomic E-state index is 5.64. The highest BCUT2D eigenvalue weighted by Crippen LogP contribution is 2.25. The van der Waals surface area contributed by atoms with E-state index in [0.717, 1.165) is 23.8 Å². The minimum Gasteiger partial charge on any atom is -0.308 e. The van der Waals surface area contributed by atoms with E-state index >= 15 is 0 Å². The Balaban J connectivity index is 1.86. The summed E-state index contributed by atoms with van der Waals surface area (Å²) in [5, 5.41) is 1.17. The van der Waals surface area contributed by atoms with E-state index in [1.807, 2.05) is 18.2 Å². The van der Waals surface area contributed by atoms with Crippen molar-refractivity contribution >= 4 is 16.7 Å². The van der Waals surface area contributed by atoms with Crippen LogP contribution in [0, 0.1) is 5.92 Å². The predicted molar refractivity (Wildman–Crippen MR) is 83.2 cm³/mol. The molecule has 1 fully saturated rings. The van der Waals surface area contributed by atoms with Crippen LogP contribution in [0.5, 0.6) is 0 Å². The van der Waals surface area contributed by atoms with Gasteiger partial charge >= 0.3 is 0 Å². The molecule has 1 atom stereocenters. The van der Waals surface area contributed by atoms with Crippen molar-refractivity contribution < 1.29 is 0 Å². The Labute approximate surface area is 120 Å². The number of nitrogen functional groups attached to an aromatic ring is 1. The molecule has 1 aliphatic heterocycles. The smallest absolute Gasteiger partial charge is 0.145 e. The number of nitrogens with zero attached hydrogens (tertiary/aromatic N) is 2. The van der Waals surface area contributed by atoms with Gasteiger partial charge in [-0.15, -0.1) is 0 Å².